The predicted octanol–water partition coefficient (Wildman–Crippen LogP) is 1.89. The summed E-state index contributed by atoms with van der Waals surface area (Å²) in [5, 5.41) is 22.3. The van der Waals surface area contributed by atoms with Crippen LogP contribution in [0.15, 0.2) is 61.3 Å². The summed E-state index contributed by atoms with van der Waals surface area (Å²) >= 11 is 0. The molecule has 3 heterocycles. The highest BCUT2D eigenvalue weighted by atomic mass is 15.4. The molecule has 0 radical (unpaired) electrons. The van der Waals surface area contributed by atoms with Gasteiger partial charge in [-0.05, 0) is 12.1 Å². The number of hydrogen-bond acceptors (Lipinski definition) is 4. The van der Waals surface area contributed by atoms with Gasteiger partial charge in [0.15, 0.2) is 0 Å². The highest BCUT2D eigenvalue weighted by Crippen LogP contribution is 2.29. The van der Waals surface area contributed by atoms with Gasteiger partial charge in [-0.25, -0.2) is 4.68 Å². The second kappa shape index (κ2) is 5.28. The number of aromatic nitrogens is 7. The molecular formula is C15H13N7. The predicted molar refractivity (Wildman–Crippen MR) is 79.5 cm³/mol. The molecule has 4 rings (SSSR count). The zero-order chi connectivity index (χ0) is 14.8. The summed E-state index contributed by atoms with van der Waals surface area (Å²) in [5.74, 6) is -0.0602. The van der Waals surface area contributed by atoms with Gasteiger partial charge in [-0.1, -0.05) is 23.4 Å². The van der Waals surface area contributed by atoms with Crippen molar-refractivity contribution >= 4 is 0 Å². The molecule has 7 heteroatoms. The van der Waals surface area contributed by atoms with E-state index < -0.39 is 0 Å². The van der Waals surface area contributed by atoms with Crippen molar-refractivity contribution in [3.05, 3.63) is 78.1 Å². The van der Waals surface area contributed by atoms with Crippen molar-refractivity contribution in [3.63, 3.8) is 0 Å². The Kier molecular flexibility index (Phi) is 3.01. The summed E-state index contributed by atoms with van der Waals surface area (Å²) in [6.45, 7) is 0. The first-order valence-corrected chi connectivity index (χ1v) is 6.87. The minimum absolute atomic E-state index is 0.0602. The molecule has 1 aromatic carbocycles. The van der Waals surface area contributed by atoms with E-state index in [4.69, 9.17) is 0 Å². The number of rotatable bonds is 4. The van der Waals surface area contributed by atoms with Gasteiger partial charge in [-0.2, -0.15) is 10.2 Å². The van der Waals surface area contributed by atoms with Crippen LogP contribution in [0.3, 0.4) is 0 Å². The monoisotopic (exact) mass is 291 g/mol. The molecule has 4 aromatic rings. The van der Waals surface area contributed by atoms with Crippen LogP contribution in [0, 0.1) is 0 Å². The maximum atomic E-state index is 4.33. The van der Waals surface area contributed by atoms with Gasteiger partial charge in [-0.3, -0.25) is 10.2 Å². The van der Waals surface area contributed by atoms with Crippen LogP contribution in [0.4, 0.5) is 0 Å². The molecule has 108 valence electrons. The van der Waals surface area contributed by atoms with E-state index in [0.717, 1.165) is 22.5 Å². The van der Waals surface area contributed by atoms with Crippen molar-refractivity contribution in [1.29, 1.82) is 0 Å². The molecule has 0 saturated heterocycles. The lowest BCUT2D eigenvalue weighted by Crippen LogP contribution is -2.01. The summed E-state index contributed by atoms with van der Waals surface area (Å²) in [5.41, 5.74) is 3.84. The second-order valence-corrected chi connectivity index (χ2v) is 4.92. The lowest BCUT2D eigenvalue weighted by atomic mass is 9.93. The van der Waals surface area contributed by atoms with E-state index >= 15 is 0 Å². The fourth-order valence-electron chi connectivity index (χ4n) is 2.49. The summed E-state index contributed by atoms with van der Waals surface area (Å²) in [4.78, 5) is 0. The van der Waals surface area contributed by atoms with E-state index in [2.05, 4.69) is 30.7 Å². The molecule has 0 aliphatic heterocycles. The summed E-state index contributed by atoms with van der Waals surface area (Å²) in [6.07, 6.45) is 9.23. The van der Waals surface area contributed by atoms with Crippen molar-refractivity contribution in [1.82, 2.24) is 35.4 Å². The SMILES string of the molecule is c1ccc(-n2cc(C(c3cn[nH]c3)c3cn[nH]c3)nn2)cc1. The third-order valence-corrected chi connectivity index (χ3v) is 3.53. The molecular weight excluding hydrogens is 278 g/mol. The maximum absolute atomic E-state index is 4.33. The van der Waals surface area contributed by atoms with E-state index in [9.17, 15) is 0 Å². The van der Waals surface area contributed by atoms with Crippen LogP contribution >= 0.6 is 0 Å². The minimum atomic E-state index is -0.0602. The fraction of sp³-hybridized carbons (Fsp3) is 0.0667. The number of benzene rings is 1. The third-order valence-electron chi connectivity index (χ3n) is 3.53. The zero-order valence-electron chi connectivity index (χ0n) is 11.6. The molecule has 0 saturated carbocycles. The van der Waals surface area contributed by atoms with E-state index in [1.807, 2.05) is 48.9 Å². The van der Waals surface area contributed by atoms with Crippen LogP contribution in [0.2, 0.25) is 0 Å². The van der Waals surface area contributed by atoms with Gasteiger partial charge in [0.1, 0.15) is 0 Å². The molecule has 2 N–H and O–H groups in total. The van der Waals surface area contributed by atoms with Crippen molar-refractivity contribution in [2.75, 3.05) is 0 Å². The van der Waals surface area contributed by atoms with Crippen LogP contribution in [-0.4, -0.2) is 35.4 Å². The minimum Gasteiger partial charge on any atom is -0.285 e. The topological polar surface area (TPSA) is 88.1 Å². The van der Waals surface area contributed by atoms with Gasteiger partial charge in [-0.15, -0.1) is 5.10 Å². The smallest absolute Gasteiger partial charge is 0.0952 e. The molecule has 0 fully saturated rings. The Morgan fingerprint density at radius 2 is 1.59 bits per heavy atom. The van der Waals surface area contributed by atoms with E-state index in [0.29, 0.717) is 0 Å². The fourth-order valence-corrected chi connectivity index (χ4v) is 2.49. The third kappa shape index (κ3) is 2.18. The summed E-state index contributed by atoms with van der Waals surface area (Å²) in [6, 6.07) is 9.90. The van der Waals surface area contributed by atoms with Gasteiger partial charge in [0.05, 0.1) is 35.9 Å². The lowest BCUT2D eigenvalue weighted by Gasteiger charge is -2.09. The molecule has 0 spiro atoms. The first kappa shape index (κ1) is 12.5. The normalized spacial score (nSPS) is 11.1. The number of nitrogens with zero attached hydrogens (tertiary/aromatic N) is 5. The van der Waals surface area contributed by atoms with Gasteiger partial charge in [0.2, 0.25) is 0 Å². The van der Waals surface area contributed by atoms with Gasteiger partial charge < -0.3 is 0 Å². The molecule has 0 aliphatic carbocycles. The van der Waals surface area contributed by atoms with E-state index in [1.165, 1.54) is 0 Å². The quantitative estimate of drug-likeness (QED) is 0.601. The standard InChI is InChI=1S/C15H13N7/c1-2-4-13(5-3-1)22-10-14(20-21-22)15(11-6-16-17-7-11)12-8-18-19-9-12/h1-10,15H,(H,16,17)(H,18,19). The lowest BCUT2D eigenvalue weighted by molar-refractivity contribution is 0.793. The number of H-pyrrole nitrogens is 2. The molecule has 0 unspecified atom stereocenters. The average Bonchev–Trinajstić information content (AvgIpc) is 3.32. The second-order valence-electron chi connectivity index (χ2n) is 4.92. The molecule has 0 amide bonds. The van der Waals surface area contributed by atoms with Crippen molar-refractivity contribution < 1.29 is 0 Å². The van der Waals surface area contributed by atoms with Crippen molar-refractivity contribution in [2.24, 2.45) is 0 Å². The summed E-state index contributed by atoms with van der Waals surface area (Å²) in [7, 11) is 0. The zero-order valence-corrected chi connectivity index (χ0v) is 11.6. The molecule has 22 heavy (non-hydrogen) atoms. The van der Waals surface area contributed by atoms with Crippen LogP contribution in [-0.2, 0) is 0 Å². The van der Waals surface area contributed by atoms with Gasteiger partial charge in [0, 0.05) is 23.5 Å². The van der Waals surface area contributed by atoms with Crippen molar-refractivity contribution in [2.45, 2.75) is 5.92 Å². The Bertz CT molecular complexity index is 797. The summed E-state index contributed by atoms with van der Waals surface area (Å²) < 4.78 is 1.77. The first-order valence-electron chi connectivity index (χ1n) is 6.87. The van der Waals surface area contributed by atoms with E-state index in [-0.39, 0.29) is 5.92 Å². The number of para-hydroxylation sites is 1. The molecule has 0 atom stereocenters. The van der Waals surface area contributed by atoms with Crippen LogP contribution in [0.5, 0.6) is 0 Å². The Labute approximate surface area is 126 Å². The Hall–Kier alpha value is -3.22. The molecule has 0 bridgehead atoms. The van der Waals surface area contributed by atoms with E-state index in [1.54, 1.807) is 17.1 Å². The number of aromatic amines is 2. The Morgan fingerprint density at radius 3 is 2.18 bits per heavy atom. The molecule has 0 aliphatic rings. The molecule has 7 nitrogen and oxygen atoms in total. The largest absolute Gasteiger partial charge is 0.285 e. The number of nitrogens with one attached hydrogen (secondary N) is 2. The Morgan fingerprint density at radius 1 is 0.909 bits per heavy atom. The maximum Gasteiger partial charge on any atom is 0.0952 e. The highest BCUT2D eigenvalue weighted by molar-refractivity contribution is 5.37. The molecule has 3 aromatic heterocycles. The Balaban J connectivity index is 1.77. The number of hydrogen-bond donors (Lipinski definition) is 2. The first-order chi connectivity index (χ1) is 10.9. The van der Waals surface area contributed by atoms with Crippen LogP contribution in [0.25, 0.3) is 5.69 Å². The van der Waals surface area contributed by atoms with Crippen LogP contribution in [0.1, 0.15) is 22.7 Å². The highest BCUT2D eigenvalue weighted by Gasteiger charge is 2.22. The average molecular weight is 291 g/mol. The van der Waals surface area contributed by atoms with Crippen molar-refractivity contribution in [3.8, 4) is 5.69 Å². The van der Waals surface area contributed by atoms with Crippen LogP contribution < -0.4 is 0 Å². The van der Waals surface area contributed by atoms with Gasteiger partial charge in [0.25, 0.3) is 0 Å². The van der Waals surface area contributed by atoms with Gasteiger partial charge >= 0.3 is 0 Å².